The summed E-state index contributed by atoms with van der Waals surface area (Å²) in [5.74, 6) is 0.403. The Kier molecular flexibility index (Phi) is 5.62. The van der Waals surface area contributed by atoms with Crippen LogP contribution in [0, 0.1) is 11.7 Å². The molecule has 0 fully saturated rings. The highest BCUT2D eigenvalue weighted by molar-refractivity contribution is 7.71. The number of nitrogens with zero attached hydrogens (tertiary/aromatic N) is 3. The van der Waals surface area contributed by atoms with Gasteiger partial charge in [0.2, 0.25) is 5.91 Å². The summed E-state index contributed by atoms with van der Waals surface area (Å²) < 4.78 is 2.06. The van der Waals surface area contributed by atoms with E-state index in [1.165, 1.54) is 0 Å². The summed E-state index contributed by atoms with van der Waals surface area (Å²) in [6.07, 6.45) is 0. The summed E-state index contributed by atoms with van der Waals surface area (Å²) in [7, 11) is 3.81. The van der Waals surface area contributed by atoms with E-state index in [0.717, 1.165) is 16.8 Å². The summed E-state index contributed by atoms with van der Waals surface area (Å²) in [5, 5.41) is 10.5. The fraction of sp³-hybridized carbons (Fsp3) is 0.211. The van der Waals surface area contributed by atoms with E-state index in [-0.39, 0.29) is 12.5 Å². The number of aromatic amines is 1. The highest BCUT2D eigenvalue weighted by Crippen LogP contribution is 2.28. The van der Waals surface area contributed by atoms with Crippen molar-refractivity contribution in [3.05, 3.63) is 57.8 Å². The first kappa shape index (κ1) is 19.1. The molecule has 0 saturated carbocycles. The second-order valence-electron chi connectivity index (χ2n) is 6.41. The van der Waals surface area contributed by atoms with E-state index >= 15 is 0 Å². The number of nitrogens with one attached hydrogen (secondary N) is 2. The molecule has 27 heavy (non-hydrogen) atoms. The number of hydrogen-bond acceptors (Lipinski definition) is 4. The number of carbonyl (C=O) groups excluding carboxylic acids is 1. The van der Waals surface area contributed by atoms with Crippen molar-refractivity contribution < 1.29 is 4.79 Å². The van der Waals surface area contributed by atoms with Gasteiger partial charge in [0.1, 0.15) is 6.54 Å². The molecule has 1 amide bonds. The number of rotatable bonds is 5. The summed E-state index contributed by atoms with van der Waals surface area (Å²) in [5.41, 5.74) is 3.54. The van der Waals surface area contributed by atoms with Gasteiger partial charge in [0.05, 0.1) is 11.4 Å². The van der Waals surface area contributed by atoms with E-state index in [4.69, 9.17) is 23.8 Å². The maximum absolute atomic E-state index is 12.7. The lowest BCUT2D eigenvalue weighted by atomic mass is 10.1. The molecule has 0 bridgehead atoms. The van der Waals surface area contributed by atoms with Gasteiger partial charge in [-0.3, -0.25) is 14.5 Å². The molecule has 0 radical (unpaired) electrons. The van der Waals surface area contributed by atoms with Gasteiger partial charge < -0.3 is 10.2 Å². The summed E-state index contributed by atoms with van der Waals surface area (Å²) in [4.78, 5) is 14.6. The number of carbonyl (C=O) groups is 1. The Morgan fingerprint density at radius 1 is 1.26 bits per heavy atom. The SMILES string of the molecule is Cc1ccc(-c2n[nH]c(=S)n2CC(=O)Nc2cc(Cl)ccc2N(C)C)cc1. The van der Waals surface area contributed by atoms with Gasteiger partial charge >= 0.3 is 0 Å². The predicted molar refractivity (Wildman–Crippen MR) is 112 cm³/mol. The van der Waals surface area contributed by atoms with Crippen LogP contribution >= 0.6 is 23.8 Å². The number of hydrogen-bond donors (Lipinski definition) is 2. The standard InChI is InChI=1S/C19H20ClN5OS/c1-12-4-6-13(7-5-12)18-22-23-19(27)25(18)11-17(26)21-15-10-14(20)8-9-16(15)24(2)3/h4-10H,11H2,1-3H3,(H,21,26)(H,23,27). The molecule has 140 valence electrons. The first-order valence-corrected chi connectivity index (χ1v) is 9.13. The minimum Gasteiger partial charge on any atom is -0.376 e. The van der Waals surface area contributed by atoms with Gasteiger partial charge in [0.25, 0.3) is 0 Å². The van der Waals surface area contributed by atoms with Gasteiger partial charge in [-0.2, -0.15) is 5.10 Å². The molecule has 1 aromatic heterocycles. The normalized spacial score (nSPS) is 10.7. The van der Waals surface area contributed by atoms with Crippen LogP contribution in [-0.2, 0) is 11.3 Å². The molecule has 0 saturated heterocycles. The first-order chi connectivity index (χ1) is 12.8. The quantitative estimate of drug-likeness (QED) is 0.626. The van der Waals surface area contributed by atoms with Crippen molar-refractivity contribution in [1.82, 2.24) is 14.8 Å². The monoisotopic (exact) mass is 401 g/mol. The van der Waals surface area contributed by atoms with Crippen LogP contribution in [0.5, 0.6) is 0 Å². The second kappa shape index (κ2) is 7.94. The molecule has 3 rings (SSSR count). The number of aryl methyl sites for hydroxylation is 1. The number of aromatic nitrogens is 3. The Morgan fingerprint density at radius 2 is 1.96 bits per heavy atom. The van der Waals surface area contributed by atoms with Crippen LogP contribution in [0.4, 0.5) is 11.4 Å². The van der Waals surface area contributed by atoms with Gasteiger partial charge in [-0.15, -0.1) is 0 Å². The van der Waals surface area contributed by atoms with Crippen LogP contribution < -0.4 is 10.2 Å². The number of benzene rings is 2. The van der Waals surface area contributed by atoms with E-state index < -0.39 is 0 Å². The van der Waals surface area contributed by atoms with Gasteiger partial charge in [-0.1, -0.05) is 41.4 Å². The highest BCUT2D eigenvalue weighted by Gasteiger charge is 2.14. The smallest absolute Gasteiger partial charge is 0.244 e. The molecule has 2 N–H and O–H groups in total. The molecule has 2 aromatic carbocycles. The fourth-order valence-corrected chi connectivity index (χ4v) is 3.09. The second-order valence-corrected chi connectivity index (χ2v) is 7.23. The van der Waals surface area contributed by atoms with E-state index in [0.29, 0.717) is 21.3 Å². The van der Waals surface area contributed by atoms with Crippen LogP contribution in [0.1, 0.15) is 5.56 Å². The Hall–Kier alpha value is -2.64. The minimum absolute atomic E-state index is 0.0396. The Labute approximate surface area is 167 Å². The van der Waals surface area contributed by atoms with Crippen molar-refractivity contribution in [1.29, 1.82) is 0 Å². The zero-order valence-electron chi connectivity index (χ0n) is 15.3. The molecule has 6 nitrogen and oxygen atoms in total. The molecule has 0 aliphatic rings. The first-order valence-electron chi connectivity index (χ1n) is 8.34. The highest BCUT2D eigenvalue weighted by atomic mass is 35.5. The van der Waals surface area contributed by atoms with Crippen molar-refractivity contribution in [2.75, 3.05) is 24.3 Å². The van der Waals surface area contributed by atoms with E-state index in [1.54, 1.807) is 16.7 Å². The van der Waals surface area contributed by atoms with Crippen LogP contribution in [0.25, 0.3) is 11.4 Å². The van der Waals surface area contributed by atoms with Crippen LogP contribution in [-0.4, -0.2) is 34.8 Å². The molecule has 3 aromatic rings. The van der Waals surface area contributed by atoms with Crippen molar-refractivity contribution >= 4 is 41.1 Å². The number of H-pyrrole nitrogens is 1. The third-order valence-corrected chi connectivity index (χ3v) is 4.63. The average molecular weight is 402 g/mol. The van der Waals surface area contributed by atoms with Crippen molar-refractivity contribution in [2.24, 2.45) is 0 Å². The molecule has 8 heteroatoms. The van der Waals surface area contributed by atoms with Gasteiger partial charge in [0.15, 0.2) is 10.6 Å². The lowest BCUT2D eigenvalue weighted by molar-refractivity contribution is -0.116. The summed E-state index contributed by atoms with van der Waals surface area (Å²) >= 11 is 11.4. The zero-order chi connectivity index (χ0) is 19.6. The maximum atomic E-state index is 12.7. The van der Waals surface area contributed by atoms with Crippen molar-refractivity contribution in [3.63, 3.8) is 0 Å². The number of anilines is 2. The van der Waals surface area contributed by atoms with Gasteiger partial charge in [0, 0.05) is 24.7 Å². The van der Waals surface area contributed by atoms with Crippen LogP contribution in [0.15, 0.2) is 42.5 Å². The van der Waals surface area contributed by atoms with Gasteiger partial charge in [-0.05, 0) is 37.3 Å². The third kappa shape index (κ3) is 4.37. The largest absolute Gasteiger partial charge is 0.376 e. The molecule has 0 atom stereocenters. The summed E-state index contributed by atoms with van der Waals surface area (Å²) in [6.45, 7) is 2.06. The molecule has 0 aliphatic heterocycles. The Morgan fingerprint density at radius 3 is 2.63 bits per heavy atom. The Bertz CT molecular complexity index is 1020. The van der Waals surface area contributed by atoms with Crippen molar-refractivity contribution in [2.45, 2.75) is 13.5 Å². The van der Waals surface area contributed by atoms with E-state index in [9.17, 15) is 4.79 Å². The molecular weight excluding hydrogens is 382 g/mol. The average Bonchev–Trinajstić information content (AvgIpc) is 2.96. The molecule has 0 aliphatic carbocycles. The lowest BCUT2D eigenvalue weighted by Gasteiger charge is -2.18. The van der Waals surface area contributed by atoms with Crippen LogP contribution in [0.2, 0.25) is 5.02 Å². The lowest BCUT2D eigenvalue weighted by Crippen LogP contribution is -2.21. The summed E-state index contributed by atoms with van der Waals surface area (Å²) in [6, 6.07) is 13.3. The minimum atomic E-state index is -0.216. The van der Waals surface area contributed by atoms with Crippen molar-refractivity contribution in [3.8, 4) is 11.4 Å². The number of amides is 1. The Balaban J connectivity index is 1.86. The third-order valence-electron chi connectivity index (χ3n) is 4.08. The van der Waals surface area contributed by atoms with E-state index in [1.807, 2.05) is 56.3 Å². The predicted octanol–water partition coefficient (Wildman–Crippen LogP) is 4.27. The molecule has 0 spiro atoms. The van der Waals surface area contributed by atoms with Crippen LogP contribution in [0.3, 0.4) is 0 Å². The zero-order valence-corrected chi connectivity index (χ0v) is 16.9. The fourth-order valence-electron chi connectivity index (χ4n) is 2.72. The van der Waals surface area contributed by atoms with E-state index in [2.05, 4.69) is 15.5 Å². The molecule has 1 heterocycles. The van der Waals surface area contributed by atoms with Gasteiger partial charge in [-0.25, -0.2) is 0 Å². The maximum Gasteiger partial charge on any atom is 0.244 e. The molecule has 0 unspecified atom stereocenters. The molecular formula is C19H20ClN5OS. The topological polar surface area (TPSA) is 66.0 Å². The number of halogens is 1.